The van der Waals surface area contributed by atoms with Crippen LogP contribution in [-0.2, 0) is 11.3 Å². The molecule has 2 heterocycles. The third-order valence-corrected chi connectivity index (χ3v) is 4.92. The molecule has 30 heavy (non-hydrogen) atoms. The van der Waals surface area contributed by atoms with Crippen molar-refractivity contribution in [2.24, 2.45) is 0 Å². The maximum atomic E-state index is 12.3. The van der Waals surface area contributed by atoms with Gasteiger partial charge < -0.3 is 9.84 Å². The van der Waals surface area contributed by atoms with Crippen molar-refractivity contribution in [3.8, 4) is 11.4 Å². The van der Waals surface area contributed by atoms with Crippen LogP contribution in [0.2, 0.25) is 5.02 Å². The van der Waals surface area contributed by atoms with Crippen LogP contribution in [0.15, 0.2) is 53.1 Å². The second kappa shape index (κ2) is 8.46. The second-order valence-corrected chi connectivity index (χ2v) is 7.14. The number of hydrogen-bond acceptors (Lipinski definition) is 6. The van der Waals surface area contributed by atoms with Crippen molar-refractivity contribution in [1.82, 2.24) is 20.4 Å². The summed E-state index contributed by atoms with van der Waals surface area (Å²) < 4.78 is 5.14. The molecule has 0 spiro atoms. The first kappa shape index (κ1) is 19.8. The van der Waals surface area contributed by atoms with Crippen molar-refractivity contribution in [1.29, 1.82) is 0 Å². The van der Waals surface area contributed by atoms with E-state index < -0.39 is 0 Å². The van der Waals surface area contributed by atoms with Gasteiger partial charge in [0.25, 0.3) is 11.8 Å². The molecule has 1 N–H and O–H groups in total. The number of carbonyl (C=O) groups is 3. The monoisotopic (exact) mass is 424 g/mol. The molecule has 152 valence electrons. The highest BCUT2D eigenvalue weighted by Crippen LogP contribution is 2.22. The number of rotatable bonds is 7. The molecule has 0 bridgehead atoms. The summed E-state index contributed by atoms with van der Waals surface area (Å²) >= 11 is 5.86. The molecule has 1 aromatic heterocycles. The molecule has 9 heteroatoms. The van der Waals surface area contributed by atoms with Gasteiger partial charge in [0, 0.05) is 23.6 Å². The van der Waals surface area contributed by atoms with Crippen LogP contribution in [0.3, 0.4) is 0 Å². The number of imide groups is 1. The summed E-state index contributed by atoms with van der Waals surface area (Å²) in [6, 6.07) is 13.7. The largest absolute Gasteiger partial charge is 0.347 e. The van der Waals surface area contributed by atoms with Crippen LogP contribution in [0.5, 0.6) is 0 Å². The van der Waals surface area contributed by atoms with Gasteiger partial charge in [0.15, 0.2) is 0 Å². The lowest BCUT2D eigenvalue weighted by Crippen LogP contribution is -2.32. The molecular weight excluding hydrogens is 408 g/mol. The van der Waals surface area contributed by atoms with Gasteiger partial charge >= 0.3 is 0 Å². The normalized spacial score (nSPS) is 12.9. The molecule has 0 fully saturated rings. The molecule has 0 atom stereocenters. The molecule has 0 saturated heterocycles. The Morgan fingerprint density at radius 2 is 1.70 bits per heavy atom. The summed E-state index contributed by atoms with van der Waals surface area (Å²) in [5.41, 5.74) is 1.56. The first-order valence-electron chi connectivity index (χ1n) is 9.33. The Hall–Kier alpha value is -3.52. The number of hydrogen-bond donors (Lipinski definition) is 1. The molecule has 0 aliphatic carbocycles. The molecule has 2 aromatic carbocycles. The number of amides is 3. The maximum absolute atomic E-state index is 12.3. The Labute approximate surface area is 176 Å². The standard InChI is InChI=1S/C21H17ClN4O4/c22-14-9-7-13(8-10-14)19-24-18(30-25-19)12-23-17(27)6-3-11-26-20(28)15-4-1-2-5-16(15)21(26)29/h1-2,4-5,7-10H,3,6,11-12H2,(H,23,27). The molecule has 0 radical (unpaired) electrons. The highest BCUT2D eigenvalue weighted by molar-refractivity contribution is 6.30. The van der Waals surface area contributed by atoms with E-state index in [1.165, 1.54) is 4.90 Å². The maximum Gasteiger partial charge on any atom is 0.261 e. The van der Waals surface area contributed by atoms with Gasteiger partial charge in [-0.15, -0.1) is 0 Å². The number of nitrogens with one attached hydrogen (secondary N) is 1. The fraction of sp³-hybridized carbons (Fsp3) is 0.190. The lowest BCUT2D eigenvalue weighted by atomic mass is 10.1. The van der Waals surface area contributed by atoms with Crippen LogP contribution in [0.4, 0.5) is 0 Å². The number of halogens is 1. The van der Waals surface area contributed by atoms with Crippen molar-refractivity contribution in [2.75, 3.05) is 6.54 Å². The minimum Gasteiger partial charge on any atom is -0.347 e. The highest BCUT2D eigenvalue weighted by atomic mass is 35.5. The minimum absolute atomic E-state index is 0.0897. The predicted octanol–water partition coefficient (Wildman–Crippen LogP) is 3.08. The number of fused-ring (bicyclic) bond motifs is 1. The van der Waals surface area contributed by atoms with Gasteiger partial charge in [-0.2, -0.15) is 4.98 Å². The number of aromatic nitrogens is 2. The van der Waals surface area contributed by atoms with Crippen LogP contribution in [0, 0.1) is 0 Å². The molecular formula is C21H17ClN4O4. The molecule has 3 aromatic rings. The summed E-state index contributed by atoms with van der Waals surface area (Å²) in [4.78, 5) is 42.1. The van der Waals surface area contributed by atoms with Gasteiger partial charge in [-0.05, 0) is 42.8 Å². The van der Waals surface area contributed by atoms with Crippen LogP contribution >= 0.6 is 11.6 Å². The lowest BCUT2D eigenvalue weighted by Gasteiger charge is -2.13. The fourth-order valence-corrected chi connectivity index (χ4v) is 3.27. The summed E-state index contributed by atoms with van der Waals surface area (Å²) in [5, 5.41) is 7.18. The quantitative estimate of drug-likeness (QED) is 0.584. The van der Waals surface area contributed by atoms with Crippen molar-refractivity contribution in [3.63, 3.8) is 0 Å². The minimum atomic E-state index is -0.323. The third kappa shape index (κ3) is 4.08. The smallest absolute Gasteiger partial charge is 0.261 e. The van der Waals surface area contributed by atoms with E-state index in [1.807, 2.05) is 0 Å². The zero-order chi connectivity index (χ0) is 21.1. The first-order chi connectivity index (χ1) is 14.5. The zero-order valence-corrected chi connectivity index (χ0v) is 16.6. The number of benzene rings is 2. The summed E-state index contributed by atoms with van der Waals surface area (Å²) in [5.74, 6) is -0.207. The van der Waals surface area contributed by atoms with E-state index in [0.717, 1.165) is 5.56 Å². The first-order valence-corrected chi connectivity index (χ1v) is 9.71. The van der Waals surface area contributed by atoms with E-state index in [2.05, 4.69) is 15.5 Å². The van der Waals surface area contributed by atoms with E-state index in [-0.39, 0.29) is 43.1 Å². The van der Waals surface area contributed by atoms with Crippen LogP contribution in [0.25, 0.3) is 11.4 Å². The molecule has 1 aliphatic heterocycles. The van der Waals surface area contributed by atoms with Gasteiger partial charge in [-0.3, -0.25) is 19.3 Å². The Morgan fingerprint density at radius 1 is 1.03 bits per heavy atom. The van der Waals surface area contributed by atoms with Crippen LogP contribution < -0.4 is 5.32 Å². The van der Waals surface area contributed by atoms with E-state index in [9.17, 15) is 14.4 Å². The van der Waals surface area contributed by atoms with Crippen molar-refractivity contribution in [2.45, 2.75) is 19.4 Å². The molecule has 4 rings (SSSR count). The lowest BCUT2D eigenvalue weighted by molar-refractivity contribution is -0.121. The zero-order valence-electron chi connectivity index (χ0n) is 15.8. The van der Waals surface area contributed by atoms with Crippen LogP contribution in [0.1, 0.15) is 39.4 Å². The van der Waals surface area contributed by atoms with Gasteiger partial charge in [0.05, 0.1) is 17.7 Å². The number of carbonyl (C=O) groups excluding carboxylic acids is 3. The molecule has 3 amide bonds. The summed E-state index contributed by atoms with van der Waals surface area (Å²) in [6.45, 7) is 0.271. The molecule has 1 aliphatic rings. The topological polar surface area (TPSA) is 105 Å². The summed E-state index contributed by atoms with van der Waals surface area (Å²) in [7, 11) is 0. The summed E-state index contributed by atoms with van der Waals surface area (Å²) in [6.07, 6.45) is 0.517. The fourth-order valence-electron chi connectivity index (χ4n) is 3.15. The third-order valence-electron chi connectivity index (χ3n) is 4.67. The Kier molecular flexibility index (Phi) is 5.58. The average Bonchev–Trinajstić information content (AvgIpc) is 3.32. The number of nitrogens with zero attached hydrogens (tertiary/aromatic N) is 3. The van der Waals surface area contributed by atoms with Gasteiger partial charge in [-0.1, -0.05) is 28.9 Å². The van der Waals surface area contributed by atoms with Crippen LogP contribution in [-0.4, -0.2) is 39.3 Å². The van der Waals surface area contributed by atoms with E-state index in [4.69, 9.17) is 16.1 Å². The Balaban J connectivity index is 1.24. The Morgan fingerprint density at radius 3 is 2.37 bits per heavy atom. The molecule has 0 saturated carbocycles. The van der Waals surface area contributed by atoms with Gasteiger partial charge in [0.1, 0.15) is 0 Å². The average molecular weight is 425 g/mol. The SMILES string of the molecule is O=C(CCCN1C(=O)c2ccccc2C1=O)NCc1nc(-c2ccc(Cl)cc2)no1. The van der Waals surface area contributed by atoms with Crippen molar-refractivity contribution < 1.29 is 18.9 Å². The van der Waals surface area contributed by atoms with Crippen molar-refractivity contribution >= 4 is 29.3 Å². The van der Waals surface area contributed by atoms with E-state index in [1.54, 1.807) is 48.5 Å². The van der Waals surface area contributed by atoms with E-state index >= 15 is 0 Å². The van der Waals surface area contributed by atoms with Crippen molar-refractivity contribution in [3.05, 3.63) is 70.6 Å². The van der Waals surface area contributed by atoms with Gasteiger partial charge in [0.2, 0.25) is 17.6 Å². The predicted molar refractivity (Wildman–Crippen MR) is 108 cm³/mol. The molecule has 0 unspecified atom stereocenters. The van der Waals surface area contributed by atoms with E-state index in [0.29, 0.717) is 28.4 Å². The Bertz CT molecular complexity index is 1080. The second-order valence-electron chi connectivity index (χ2n) is 6.71. The highest BCUT2D eigenvalue weighted by Gasteiger charge is 2.34. The van der Waals surface area contributed by atoms with Gasteiger partial charge in [-0.25, -0.2) is 0 Å². The molecule has 8 nitrogen and oxygen atoms in total.